The van der Waals surface area contributed by atoms with E-state index in [1.165, 1.54) is 17.5 Å². The number of benzene rings is 2. The van der Waals surface area contributed by atoms with E-state index in [-0.39, 0.29) is 0 Å². The number of hydrogen-bond acceptors (Lipinski definition) is 2. The molecule has 2 nitrogen and oxygen atoms in total. The van der Waals surface area contributed by atoms with Gasteiger partial charge < -0.3 is 9.47 Å². The van der Waals surface area contributed by atoms with E-state index in [4.69, 9.17) is 12.4 Å². The van der Waals surface area contributed by atoms with Crippen molar-refractivity contribution in [2.24, 2.45) is 0 Å². The number of nitrogens with zero attached hydrogens (tertiary/aromatic N) is 1. The average Bonchev–Trinajstić information content (AvgIpc) is 3.12. The highest BCUT2D eigenvalue weighted by Crippen LogP contribution is 2.51. The number of rotatable bonds is 2. The predicted molar refractivity (Wildman–Crippen MR) is 91.8 cm³/mol. The molecule has 4 rings (SSSR count). The van der Waals surface area contributed by atoms with E-state index in [0.29, 0.717) is 6.04 Å². The van der Waals surface area contributed by atoms with Gasteiger partial charge in [-0.05, 0) is 30.5 Å². The van der Waals surface area contributed by atoms with Gasteiger partial charge in [0.05, 0.1) is 5.60 Å². The second-order valence-electron chi connectivity index (χ2n) is 6.70. The van der Waals surface area contributed by atoms with Crippen LogP contribution in [-0.2, 0) is 10.3 Å². The molecule has 0 amide bonds. The Morgan fingerprint density at radius 3 is 2.14 bits per heavy atom. The number of hydrogen-bond donors (Lipinski definition) is 0. The summed E-state index contributed by atoms with van der Waals surface area (Å²) < 4.78 is 6.64. The maximum Gasteiger partial charge on any atom is 0.128 e. The summed E-state index contributed by atoms with van der Waals surface area (Å²) in [5, 5.41) is 0. The summed E-state index contributed by atoms with van der Waals surface area (Å²) in [6, 6.07) is 21.4. The van der Waals surface area contributed by atoms with Crippen LogP contribution < -0.4 is 0 Å². The summed E-state index contributed by atoms with van der Waals surface area (Å²) in [5.74, 6) is 0. The fourth-order valence-corrected chi connectivity index (χ4v) is 4.42. The predicted octanol–water partition coefficient (Wildman–Crippen LogP) is 3.16. The first-order valence-corrected chi connectivity index (χ1v) is 8.20. The quantitative estimate of drug-likeness (QED) is 0.787. The smallest absolute Gasteiger partial charge is 0.128 e. The van der Waals surface area contributed by atoms with E-state index in [1.807, 2.05) is 6.82 Å². The summed E-state index contributed by atoms with van der Waals surface area (Å²) in [4.78, 5) is 2.39. The van der Waals surface area contributed by atoms with Gasteiger partial charge in [-0.3, -0.25) is 0 Å². The normalized spacial score (nSPS) is 30.3. The van der Waals surface area contributed by atoms with Crippen LogP contribution in [0.5, 0.6) is 0 Å². The molecule has 2 saturated heterocycles. The van der Waals surface area contributed by atoms with Gasteiger partial charge in [0, 0.05) is 6.04 Å². The lowest BCUT2D eigenvalue weighted by Crippen LogP contribution is -2.49. The monoisotopic (exact) mass is 288 g/mol. The van der Waals surface area contributed by atoms with Crippen LogP contribution >= 0.6 is 0 Å². The largest absolute Gasteiger partial charge is 0.572 e. The molecule has 0 spiro atoms. The summed E-state index contributed by atoms with van der Waals surface area (Å²) in [6.45, 7) is 3.07. The van der Waals surface area contributed by atoms with Crippen molar-refractivity contribution in [3.8, 4) is 0 Å². The highest BCUT2D eigenvalue weighted by atomic mass is 16.5. The second-order valence-corrected chi connectivity index (χ2v) is 6.70. The van der Waals surface area contributed by atoms with Crippen LogP contribution in [0.3, 0.4) is 0 Å². The molecule has 2 fully saturated rings. The molecule has 2 aromatic carbocycles. The summed E-state index contributed by atoms with van der Waals surface area (Å²) >= 11 is 0. The zero-order valence-corrected chi connectivity index (χ0v) is 13.0. The van der Waals surface area contributed by atoms with Gasteiger partial charge in [0.2, 0.25) is 0 Å². The first-order valence-electron chi connectivity index (χ1n) is 8.20. The minimum atomic E-state index is -1.45. The maximum absolute atomic E-state index is 6.64. The van der Waals surface area contributed by atoms with Gasteiger partial charge in [-0.15, -0.1) is 7.74 Å². The fourth-order valence-electron chi connectivity index (χ4n) is 4.42. The minimum absolute atomic E-state index is 0.312. The molecule has 2 aliphatic rings. The first kappa shape index (κ1) is 14.1. The van der Waals surface area contributed by atoms with Crippen LogP contribution in [0.4, 0.5) is 0 Å². The van der Waals surface area contributed by atoms with Gasteiger partial charge in [0.25, 0.3) is 0 Å². The van der Waals surface area contributed by atoms with E-state index >= 15 is 0 Å². The van der Waals surface area contributed by atoms with E-state index < -0.39 is 12.0 Å². The SMILES string of the molecule is [B][B-]1(C)OC(c2ccccc2)(c2ccccc2)C2CCCN21. The molecule has 0 aliphatic carbocycles. The molecule has 110 valence electrons. The van der Waals surface area contributed by atoms with E-state index in [9.17, 15) is 0 Å². The third-order valence-corrected chi connectivity index (χ3v) is 5.25. The van der Waals surface area contributed by atoms with Crippen molar-refractivity contribution < 1.29 is 4.65 Å². The zero-order chi connectivity index (χ0) is 15.2. The van der Waals surface area contributed by atoms with Crippen molar-refractivity contribution in [2.45, 2.75) is 31.3 Å². The van der Waals surface area contributed by atoms with Crippen molar-refractivity contribution in [3.63, 3.8) is 0 Å². The molecular weight excluding hydrogens is 268 g/mol. The molecule has 22 heavy (non-hydrogen) atoms. The molecule has 2 radical (unpaired) electrons. The Morgan fingerprint density at radius 2 is 1.59 bits per heavy atom. The molecule has 0 bridgehead atoms. The van der Waals surface area contributed by atoms with E-state index in [1.54, 1.807) is 0 Å². The van der Waals surface area contributed by atoms with Crippen molar-refractivity contribution in [1.29, 1.82) is 0 Å². The zero-order valence-electron chi connectivity index (χ0n) is 13.0. The lowest BCUT2D eigenvalue weighted by Gasteiger charge is -2.41. The molecule has 0 saturated carbocycles. The third kappa shape index (κ3) is 1.90. The van der Waals surface area contributed by atoms with Gasteiger partial charge in [-0.1, -0.05) is 60.7 Å². The van der Waals surface area contributed by atoms with Gasteiger partial charge in [0.15, 0.2) is 0 Å². The van der Waals surface area contributed by atoms with Crippen molar-refractivity contribution in [1.82, 2.24) is 4.81 Å². The van der Waals surface area contributed by atoms with Gasteiger partial charge in [-0.2, -0.15) is 6.82 Å². The van der Waals surface area contributed by atoms with Crippen LogP contribution in [0.1, 0.15) is 24.0 Å². The lowest BCUT2D eigenvalue weighted by atomic mass is 9.34. The van der Waals surface area contributed by atoms with Crippen molar-refractivity contribution in [2.75, 3.05) is 6.54 Å². The second kappa shape index (κ2) is 5.00. The molecule has 2 unspecified atom stereocenters. The standard InChI is InChI=1S/C18H20B2NO/c1-20(19)21-14-8-13-17(21)18(22-20,15-9-4-2-5-10-15)16-11-6-3-7-12-16/h2-7,9-12,17H,8,13-14H2,1H3/q-1. The van der Waals surface area contributed by atoms with Gasteiger partial charge >= 0.3 is 0 Å². The van der Waals surface area contributed by atoms with Crippen LogP contribution in [0.25, 0.3) is 0 Å². The first-order chi connectivity index (χ1) is 10.6. The Labute approximate surface area is 133 Å². The highest BCUT2D eigenvalue weighted by molar-refractivity contribution is 7.11. The Hall–Kier alpha value is -1.51. The average molecular weight is 288 g/mol. The van der Waals surface area contributed by atoms with Crippen LogP contribution in [0, 0.1) is 0 Å². The van der Waals surface area contributed by atoms with Gasteiger partial charge in [0.1, 0.15) is 6.37 Å². The summed E-state index contributed by atoms with van der Waals surface area (Å²) in [6.07, 6.45) is 0.855. The molecule has 2 aromatic rings. The maximum atomic E-state index is 6.64. The molecule has 0 N–H and O–H groups in total. The third-order valence-electron chi connectivity index (χ3n) is 5.25. The Morgan fingerprint density at radius 1 is 1.05 bits per heavy atom. The van der Waals surface area contributed by atoms with Crippen molar-refractivity contribution in [3.05, 3.63) is 71.8 Å². The lowest BCUT2D eigenvalue weighted by molar-refractivity contribution is 0.104. The molecule has 2 aliphatic heterocycles. The molecule has 2 atom stereocenters. The van der Waals surface area contributed by atoms with Crippen molar-refractivity contribution >= 4 is 14.1 Å². The van der Waals surface area contributed by atoms with Crippen LogP contribution in [0.15, 0.2) is 60.7 Å². The summed E-state index contributed by atoms with van der Waals surface area (Å²) in [7, 11) is 6.58. The topological polar surface area (TPSA) is 12.5 Å². The van der Waals surface area contributed by atoms with Crippen LogP contribution in [0.2, 0.25) is 6.82 Å². The fraction of sp³-hybridized carbons (Fsp3) is 0.333. The Kier molecular flexibility index (Phi) is 3.21. The summed E-state index contributed by atoms with van der Waals surface area (Å²) in [5.41, 5.74) is 1.95. The molecular formula is C18H20B2NO-. The molecule has 2 heterocycles. The number of fused-ring (bicyclic) bond motifs is 1. The van der Waals surface area contributed by atoms with E-state index in [2.05, 4.69) is 65.5 Å². The highest BCUT2D eigenvalue weighted by Gasteiger charge is 2.53. The molecule has 0 aromatic heterocycles. The Bertz CT molecular complexity index is 620. The Balaban J connectivity index is 1.95. The minimum Gasteiger partial charge on any atom is -0.572 e. The van der Waals surface area contributed by atoms with Gasteiger partial charge in [-0.25, -0.2) is 0 Å². The van der Waals surface area contributed by atoms with E-state index in [0.717, 1.165) is 13.0 Å². The van der Waals surface area contributed by atoms with Crippen LogP contribution in [-0.4, -0.2) is 31.5 Å². The molecule has 4 heteroatoms.